The van der Waals surface area contributed by atoms with Crippen LogP contribution in [0.5, 0.6) is 0 Å². The minimum Gasteiger partial charge on any atom is -0.388 e. The van der Waals surface area contributed by atoms with E-state index in [1.807, 2.05) is 0 Å². The molecule has 0 spiro atoms. The second-order valence-electron chi connectivity index (χ2n) is 4.67. The van der Waals surface area contributed by atoms with Crippen molar-refractivity contribution < 1.29 is 20.1 Å². The van der Waals surface area contributed by atoms with Crippen LogP contribution >= 0.6 is 11.8 Å². The van der Waals surface area contributed by atoms with Gasteiger partial charge in [-0.2, -0.15) is 0 Å². The maximum atomic E-state index is 11.9. The van der Waals surface area contributed by atoms with E-state index in [0.717, 1.165) is 0 Å². The van der Waals surface area contributed by atoms with Gasteiger partial charge in [0, 0.05) is 0 Å². The number of nitrogens with zero attached hydrogens (tertiary/aromatic N) is 3. The van der Waals surface area contributed by atoms with Crippen LogP contribution in [-0.4, -0.2) is 66.0 Å². The number of aromatic nitrogens is 4. The molecular formula is C11H14N4O5S. The van der Waals surface area contributed by atoms with E-state index in [0.29, 0.717) is 5.16 Å². The molecule has 4 N–H and O–H groups in total. The molecule has 0 aliphatic carbocycles. The van der Waals surface area contributed by atoms with E-state index >= 15 is 0 Å². The fourth-order valence-corrected chi connectivity index (χ4v) is 2.60. The minimum absolute atomic E-state index is 0.115. The summed E-state index contributed by atoms with van der Waals surface area (Å²) in [6.45, 7) is -0.138. The highest BCUT2D eigenvalue weighted by Crippen LogP contribution is 2.26. The lowest BCUT2D eigenvalue weighted by molar-refractivity contribution is -0.210. The van der Waals surface area contributed by atoms with Gasteiger partial charge in [-0.05, 0) is 6.26 Å². The largest absolute Gasteiger partial charge is 0.388 e. The summed E-state index contributed by atoms with van der Waals surface area (Å²) in [4.78, 5) is 22.6. The number of hydrogen-bond acceptors (Lipinski definition) is 8. The first-order valence-electron chi connectivity index (χ1n) is 6.19. The lowest BCUT2D eigenvalue weighted by atomic mass is 10.0. The lowest BCUT2D eigenvalue weighted by Crippen LogP contribution is -2.50. The van der Waals surface area contributed by atoms with Gasteiger partial charge in [-0.15, -0.1) is 0 Å². The number of thioether (sulfide) groups is 1. The van der Waals surface area contributed by atoms with Crippen molar-refractivity contribution in [1.29, 1.82) is 0 Å². The number of ether oxygens (including phenoxy) is 1. The van der Waals surface area contributed by atoms with E-state index < -0.39 is 30.1 Å². The third-order valence-corrected chi connectivity index (χ3v) is 3.93. The van der Waals surface area contributed by atoms with Gasteiger partial charge in [0.05, 0.1) is 12.9 Å². The number of aromatic amines is 1. The molecule has 21 heavy (non-hydrogen) atoms. The quantitative estimate of drug-likeness (QED) is 0.387. The number of hydrogen-bond donors (Lipinski definition) is 4. The third kappa shape index (κ3) is 2.34. The molecule has 0 radical (unpaired) electrons. The molecule has 2 aromatic rings. The standard InChI is InChI=1S/C11H14N4O5S/c1-21-11-13-8-5(9(19)14-11)12-3-15(8)10-7(18)6(17)4(16)2-20-10/h3-4,6-7,10,16-18H,2H2,1H3,(H,13,14,19)/t4-,6-,7-,10-/m1/s1. The van der Waals surface area contributed by atoms with Gasteiger partial charge in [-0.25, -0.2) is 9.97 Å². The van der Waals surface area contributed by atoms with Crippen LogP contribution in [0.2, 0.25) is 0 Å². The van der Waals surface area contributed by atoms with Crippen molar-refractivity contribution in [2.45, 2.75) is 29.7 Å². The molecule has 2 aromatic heterocycles. The van der Waals surface area contributed by atoms with Gasteiger partial charge >= 0.3 is 0 Å². The fraction of sp³-hybridized carbons (Fsp3) is 0.545. The summed E-state index contributed by atoms with van der Waals surface area (Å²) in [5, 5.41) is 29.6. The van der Waals surface area contributed by atoms with E-state index in [1.165, 1.54) is 22.7 Å². The SMILES string of the molecule is CSc1nc2c(ncn2[C@@H]2OC[C@@H](O)[C@@H](O)[C@H]2O)c(=O)[nH]1. The van der Waals surface area contributed by atoms with Gasteiger partial charge in [-0.1, -0.05) is 11.8 Å². The normalized spacial score (nSPS) is 29.9. The van der Waals surface area contributed by atoms with Crippen LogP contribution < -0.4 is 5.56 Å². The average Bonchev–Trinajstić information content (AvgIpc) is 2.89. The van der Waals surface area contributed by atoms with Gasteiger partial charge in [-0.3, -0.25) is 14.3 Å². The zero-order chi connectivity index (χ0) is 15.1. The first kappa shape index (κ1) is 14.5. The van der Waals surface area contributed by atoms with Crippen LogP contribution in [0.3, 0.4) is 0 Å². The van der Waals surface area contributed by atoms with Gasteiger partial charge in [0.2, 0.25) is 0 Å². The zero-order valence-electron chi connectivity index (χ0n) is 11.0. The molecule has 1 aliphatic heterocycles. The first-order valence-corrected chi connectivity index (χ1v) is 7.42. The molecular weight excluding hydrogens is 300 g/mol. The maximum Gasteiger partial charge on any atom is 0.279 e. The number of H-pyrrole nitrogens is 1. The second kappa shape index (κ2) is 5.39. The van der Waals surface area contributed by atoms with Crippen molar-refractivity contribution in [3.63, 3.8) is 0 Å². The predicted octanol–water partition coefficient (Wildman–Crippen LogP) is -1.55. The van der Waals surface area contributed by atoms with Crippen LogP contribution in [0.1, 0.15) is 6.23 Å². The molecule has 9 nitrogen and oxygen atoms in total. The van der Waals surface area contributed by atoms with E-state index in [2.05, 4.69) is 15.0 Å². The highest BCUT2D eigenvalue weighted by atomic mass is 32.2. The molecule has 1 aliphatic rings. The number of nitrogens with one attached hydrogen (secondary N) is 1. The summed E-state index contributed by atoms with van der Waals surface area (Å²) in [5.41, 5.74) is -0.0334. The Bertz CT molecular complexity index is 716. The number of rotatable bonds is 2. The van der Waals surface area contributed by atoms with Crippen LogP contribution in [0.4, 0.5) is 0 Å². The molecule has 1 saturated heterocycles. The number of aliphatic hydroxyl groups excluding tert-OH is 3. The molecule has 0 aromatic carbocycles. The molecule has 3 heterocycles. The average molecular weight is 314 g/mol. The Morgan fingerprint density at radius 2 is 2.19 bits per heavy atom. The Morgan fingerprint density at radius 1 is 1.43 bits per heavy atom. The molecule has 0 amide bonds. The molecule has 0 saturated carbocycles. The second-order valence-corrected chi connectivity index (χ2v) is 5.47. The maximum absolute atomic E-state index is 11.9. The first-order chi connectivity index (χ1) is 10.0. The Kier molecular flexibility index (Phi) is 3.71. The van der Waals surface area contributed by atoms with Gasteiger partial charge in [0.25, 0.3) is 5.56 Å². The summed E-state index contributed by atoms with van der Waals surface area (Å²) in [7, 11) is 0. The van der Waals surface area contributed by atoms with Crippen LogP contribution in [0.25, 0.3) is 11.2 Å². The molecule has 0 unspecified atom stereocenters. The topological polar surface area (TPSA) is 133 Å². The van der Waals surface area contributed by atoms with Crippen molar-refractivity contribution in [3.05, 3.63) is 16.7 Å². The smallest absolute Gasteiger partial charge is 0.279 e. The Balaban J connectivity index is 2.08. The van der Waals surface area contributed by atoms with Crippen molar-refractivity contribution in [2.24, 2.45) is 0 Å². The van der Waals surface area contributed by atoms with Crippen LogP contribution in [0, 0.1) is 0 Å². The predicted molar refractivity (Wildman–Crippen MR) is 72.9 cm³/mol. The van der Waals surface area contributed by atoms with Crippen molar-refractivity contribution in [2.75, 3.05) is 12.9 Å². The van der Waals surface area contributed by atoms with E-state index in [4.69, 9.17) is 4.74 Å². The minimum atomic E-state index is -1.36. The highest BCUT2D eigenvalue weighted by molar-refractivity contribution is 7.98. The summed E-state index contributed by atoms with van der Waals surface area (Å²) in [5.74, 6) is 0. The molecule has 0 bridgehead atoms. The van der Waals surface area contributed by atoms with Gasteiger partial charge in [0.15, 0.2) is 22.5 Å². The van der Waals surface area contributed by atoms with E-state index in [-0.39, 0.29) is 17.8 Å². The van der Waals surface area contributed by atoms with Gasteiger partial charge < -0.3 is 20.1 Å². The summed E-state index contributed by atoms with van der Waals surface area (Å²) in [6, 6.07) is 0. The molecule has 114 valence electrons. The molecule has 1 fully saturated rings. The molecule has 10 heteroatoms. The Morgan fingerprint density at radius 3 is 2.90 bits per heavy atom. The highest BCUT2D eigenvalue weighted by Gasteiger charge is 2.39. The summed E-state index contributed by atoms with van der Waals surface area (Å²) in [6.07, 6.45) is -1.76. The Labute approximate surface area is 122 Å². The third-order valence-electron chi connectivity index (χ3n) is 3.35. The molecule has 4 atom stereocenters. The summed E-state index contributed by atoms with van der Waals surface area (Å²) >= 11 is 1.26. The molecule has 3 rings (SSSR count). The number of aliphatic hydroxyl groups is 3. The van der Waals surface area contributed by atoms with E-state index in [1.54, 1.807) is 6.26 Å². The fourth-order valence-electron chi connectivity index (χ4n) is 2.22. The zero-order valence-corrected chi connectivity index (χ0v) is 11.8. The number of imidazole rings is 1. The van der Waals surface area contributed by atoms with E-state index in [9.17, 15) is 20.1 Å². The van der Waals surface area contributed by atoms with Crippen LogP contribution in [-0.2, 0) is 4.74 Å². The summed E-state index contributed by atoms with van der Waals surface area (Å²) < 4.78 is 6.72. The van der Waals surface area contributed by atoms with Crippen LogP contribution in [0.15, 0.2) is 16.3 Å². The van der Waals surface area contributed by atoms with Crippen molar-refractivity contribution >= 4 is 22.9 Å². The van der Waals surface area contributed by atoms with Crippen molar-refractivity contribution in [3.8, 4) is 0 Å². The lowest BCUT2D eigenvalue weighted by Gasteiger charge is -2.35. The van der Waals surface area contributed by atoms with Crippen molar-refractivity contribution in [1.82, 2.24) is 19.5 Å². The Hall–Kier alpha value is -1.46. The van der Waals surface area contributed by atoms with Gasteiger partial charge in [0.1, 0.15) is 18.3 Å². The monoisotopic (exact) mass is 314 g/mol. The number of fused-ring (bicyclic) bond motifs is 1.